The number of aromatic nitrogens is 1. The van der Waals surface area contributed by atoms with Crippen LogP contribution < -0.4 is 10.6 Å². The fourth-order valence-corrected chi connectivity index (χ4v) is 2.20. The van der Waals surface area contributed by atoms with Crippen molar-refractivity contribution in [1.29, 1.82) is 0 Å². The predicted octanol–water partition coefficient (Wildman–Crippen LogP) is 3.24. The fourth-order valence-electron chi connectivity index (χ4n) is 1.67. The summed E-state index contributed by atoms with van der Waals surface area (Å²) in [5, 5.41) is 15.9. The van der Waals surface area contributed by atoms with Crippen molar-refractivity contribution in [2.75, 3.05) is 11.9 Å². The molecule has 0 aliphatic rings. The van der Waals surface area contributed by atoms with E-state index in [0.717, 1.165) is 0 Å². The molecule has 0 aliphatic carbocycles. The van der Waals surface area contributed by atoms with Crippen LogP contribution in [0.1, 0.15) is 11.7 Å². The molecule has 5 nitrogen and oxygen atoms in total. The van der Waals surface area contributed by atoms with E-state index in [1.165, 1.54) is 6.07 Å². The number of nitrogens with zero attached hydrogens (tertiary/aromatic N) is 1. The van der Waals surface area contributed by atoms with Gasteiger partial charge in [-0.15, -0.1) is 0 Å². The van der Waals surface area contributed by atoms with Crippen molar-refractivity contribution in [2.24, 2.45) is 0 Å². The van der Waals surface area contributed by atoms with Gasteiger partial charge >= 0.3 is 6.03 Å². The van der Waals surface area contributed by atoms with Crippen LogP contribution in [0.2, 0.25) is 10.0 Å². The molecule has 0 saturated carbocycles. The first kappa shape index (κ1) is 15.6. The van der Waals surface area contributed by atoms with Crippen LogP contribution in [-0.2, 0) is 0 Å². The highest BCUT2D eigenvalue weighted by molar-refractivity contribution is 6.35. The van der Waals surface area contributed by atoms with Crippen molar-refractivity contribution >= 4 is 35.1 Å². The molecular weight excluding hydrogens is 313 g/mol. The number of hydrogen-bond acceptors (Lipinski definition) is 3. The van der Waals surface area contributed by atoms with Crippen molar-refractivity contribution < 1.29 is 9.90 Å². The number of hydrogen-bond donors (Lipinski definition) is 3. The molecule has 2 amide bonds. The number of aliphatic hydroxyl groups excluding tert-OH is 1. The molecular formula is C14H13Cl2N3O2. The van der Waals surface area contributed by atoms with Gasteiger partial charge in [-0.1, -0.05) is 35.3 Å². The lowest BCUT2D eigenvalue weighted by atomic mass is 10.1. The van der Waals surface area contributed by atoms with Gasteiger partial charge in [0.05, 0.1) is 6.10 Å². The van der Waals surface area contributed by atoms with Gasteiger partial charge in [-0.3, -0.25) is 5.32 Å². The average Bonchev–Trinajstić information content (AvgIpc) is 2.46. The second-order valence-corrected chi connectivity index (χ2v) is 5.08. The molecule has 2 aromatic rings. The number of pyridine rings is 1. The van der Waals surface area contributed by atoms with E-state index in [1.54, 1.807) is 36.5 Å². The summed E-state index contributed by atoms with van der Waals surface area (Å²) in [6, 6.07) is 9.48. The Kier molecular flexibility index (Phi) is 5.38. The highest BCUT2D eigenvalue weighted by Crippen LogP contribution is 2.25. The third kappa shape index (κ3) is 4.60. The summed E-state index contributed by atoms with van der Waals surface area (Å²) in [7, 11) is 0. The normalized spacial score (nSPS) is 11.8. The number of nitrogens with one attached hydrogen (secondary N) is 2. The molecule has 21 heavy (non-hydrogen) atoms. The lowest BCUT2D eigenvalue weighted by molar-refractivity contribution is 0.175. The number of carbonyl (C=O) groups is 1. The quantitative estimate of drug-likeness (QED) is 0.807. The van der Waals surface area contributed by atoms with Gasteiger partial charge in [0, 0.05) is 28.4 Å². The van der Waals surface area contributed by atoms with Crippen molar-refractivity contribution in [3.63, 3.8) is 0 Å². The number of amides is 2. The first-order chi connectivity index (χ1) is 10.1. The van der Waals surface area contributed by atoms with E-state index in [4.69, 9.17) is 23.2 Å². The molecule has 1 aromatic carbocycles. The van der Waals surface area contributed by atoms with E-state index >= 15 is 0 Å². The van der Waals surface area contributed by atoms with Crippen molar-refractivity contribution in [3.05, 3.63) is 58.2 Å². The maximum absolute atomic E-state index is 11.7. The molecule has 0 spiro atoms. The first-order valence-electron chi connectivity index (χ1n) is 6.15. The smallest absolute Gasteiger partial charge is 0.320 e. The topological polar surface area (TPSA) is 74.2 Å². The Morgan fingerprint density at radius 2 is 2.10 bits per heavy atom. The summed E-state index contributed by atoms with van der Waals surface area (Å²) >= 11 is 11.8. The minimum Gasteiger partial charge on any atom is -0.387 e. The molecule has 3 N–H and O–H groups in total. The molecule has 1 unspecified atom stereocenters. The number of anilines is 1. The zero-order chi connectivity index (χ0) is 15.2. The number of halogens is 2. The summed E-state index contributed by atoms with van der Waals surface area (Å²) in [4.78, 5) is 15.6. The lowest BCUT2D eigenvalue weighted by Gasteiger charge is -2.14. The van der Waals surface area contributed by atoms with Gasteiger partial charge in [0.2, 0.25) is 0 Å². The molecule has 0 saturated heterocycles. The zero-order valence-electron chi connectivity index (χ0n) is 10.9. The van der Waals surface area contributed by atoms with Crippen molar-refractivity contribution in [1.82, 2.24) is 10.3 Å². The van der Waals surface area contributed by atoms with Crippen LogP contribution in [0.15, 0.2) is 42.6 Å². The van der Waals surface area contributed by atoms with Gasteiger partial charge in [0.15, 0.2) is 0 Å². The van der Waals surface area contributed by atoms with Crippen LogP contribution in [0.3, 0.4) is 0 Å². The second-order valence-electron chi connectivity index (χ2n) is 4.23. The monoisotopic (exact) mass is 325 g/mol. The predicted molar refractivity (Wildman–Crippen MR) is 82.7 cm³/mol. The SMILES string of the molecule is O=C(NCC(O)c1ccc(Cl)cc1Cl)Nc1ccccn1. The van der Waals surface area contributed by atoms with Crippen molar-refractivity contribution in [3.8, 4) is 0 Å². The van der Waals surface area contributed by atoms with E-state index in [-0.39, 0.29) is 6.54 Å². The molecule has 0 fully saturated rings. The zero-order valence-corrected chi connectivity index (χ0v) is 12.4. The summed E-state index contributed by atoms with van der Waals surface area (Å²) in [6.45, 7) is 0.0139. The molecule has 0 bridgehead atoms. The molecule has 2 rings (SSSR count). The third-order valence-corrected chi connectivity index (χ3v) is 3.25. The molecule has 0 radical (unpaired) electrons. The largest absolute Gasteiger partial charge is 0.387 e. The Morgan fingerprint density at radius 3 is 2.76 bits per heavy atom. The Labute approximate surface area is 131 Å². The van der Waals surface area contributed by atoms with E-state index < -0.39 is 12.1 Å². The van der Waals surface area contributed by atoms with E-state index in [2.05, 4.69) is 15.6 Å². The molecule has 7 heteroatoms. The number of benzene rings is 1. The Bertz CT molecular complexity index is 623. The average molecular weight is 326 g/mol. The van der Waals surface area contributed by atoms with Crippen LogP contribution in [0.4, 0.5) is 10.6 Å². The number of urea groups is 1. The van der Waals surface area contributed by atoms with Crippen molar-refractivity contribution in [2.45, 2.75) is 6.10 Å². The Morgan fingerprint density at radius 1 is 1.29 bits per heavy atom. The Hall–Kier alpha value is -1.82. The summed E-state index contributed by atoms with van der Waals surface area (Å²) in [5.41, 5.74) is 0.499. The van der Waals surface area contributed by atoms with Crippen LogP contribution in [-0.4, -0.2) is 22.7 Å². The lowest BCUT2D eigenvalue weighted by Crippen LogP contribution is -2.32. The van der Waals surface area contributed by atoms with E-state index in [0.29, 0.717) is 21.4 Å². The summed E-state index contributed by atoms with van der Waals surface area (Å²) in [5.74, 6) is 0.425. The van der Waals surface area contributed by atoms with Gasteiger partial charge in [-0.05, 0) is 24.3 Å². The number of rotatable bonds is 4. The summed E-state index contributed by atoms with van der Waals surface area (Å²) < 4.78 is 0. The molecule has 1 atom stereocenters. The molecule has 110 valence electrons. The highest BCUT2D eigenvalue weighted by atomic mass is 35.5. The van der Waals surface area contributed by atoms with Crippen LogP contribution in [0.25, 0.3) is 0 Å². The van der Waals surface area contributed by atoms with E-state index in [9.17, 15) is 9.90 Å². The minimum absolute atomic E-state index is 0.0139. The van der Waals surface area contributed by atoms with Gasteiger partial charge in [-0.2, -0.15) is 0 Å². The maximum Gasteiger partial charge on any atom is 0.320 e. The Balaban J connectivity index is 1.89. The van der Waals surface area contributed by atoms with Crippen LogP contribution >= 0.6 is 23.2 Å². The first-order valence-corrected chi connectivity index (χ1v) is 6.91. The standard InChI is InChI=1S/C14H13Cl2N3O2/c15-9-4-5-10(11(16)7-9)12(20)8-18-14(21)19-13-3-1-2-6-17-13/h1-7,12,20H,8H2,(H2,17,18,19,21). The van der Waals surface area contributed by atoms with Gasteiger partial charge in [0.1, 0.15) is 5.82 Å². The third-order valence-electron chi connectivity index (χ3n) is 2.68. The minimum atomic E-state index is -0.927. The van der Waals surface area contributed by atoms with Crippen LogP contribution in [0.5, 0.6) is 0 Å². The molecule has 1 aromatic heterocycles. The van der Waals surface area contributed by atoms with Gasteiger partial charge in [0.25, 0.3) is 0 Å². The highest BCUT2D eigenvalue weighted by Gasteiger charge is 2.13. The van der Waals surface area contributed by atoms with Crippen LogP contribution in [0, 0.1) is 0 Å². The fraction of sp³-hybridized carbons (Fsp3) is 0.143. The van der Waals surface area contributed by atoms with E-state index in [1.807, 2.05) is 0 Å². The second kappa shape index (κ2) is 7.26. The number of aliphatic hydroxyl groups is 1. The molecule has 1 heterocycles. The van der Waals surface area contributed by atoms with Gasteiger partial charge < -0.3 is 10.4 Å². The van der Waals surface area contributed by atoms with Gasteiger partial charge in [-0.25, -0.2) is 9.78 Å². The molecule has 0 aliphatic heterocycles. The summed E-state index contributed by atoms with van der Waals surface area (Å²) in [6.07, 6.45) is 0.641. The number of carbonyl (C=O) groups excluding carboxylic acids is 1. The maximum atomic E-state index is 11.7.